The molecular weight excluding hydrogens is 390 g/mol. The molecule has 0 heterocycles. The van der Waals surface area contributed by atoms with Gasteiger partial charge in [-0.1, -0.05) is 13.0 Å². The summed E-state index contributed by atoms with van der Waals surface area (Å²) in [4.78, 5) is 11.0. The molecule has 0 aliphatic carbocycles. The molecule has 1 rings (SSSR count). The predicted molar refractivity (Wildman–Crippen MR) is 80.1 cm³/mol. The Morgan fingerprint density at radius 1 is 1.08 bits per heavy atom. The van der Waals surface area contributed by atoms with Crippen molar-refractivity contribution in [2.75, 3.05) is 13.1 Å². The van der Waals surface area contributed by atoms with Crippen molar-refractivity contribution in [1.29, 1.82) is 0 Å². The second-order valence-corrected chi connectivity index (χ2v) is 7.40. The number of alkyl halides is 6. The largest absolute Gasteiger partial charge is 0.417 e. The molecule has 0 unspecified atom stereocenters. The standard InChI is InChI=1S/C14H16F6N2O3S/c1-2-5-22(7-12(21)23)26(24,25)8-9-3-4-10(13(15,16)17)11(6-9)14(18,19)20/h3-4,6H,2,5,7-8H2,1H3,(H2,21,23). The van der Waals surface area contributed by atoms with Gasteiger partial charge in [0, 0.05) is 6.54 Å². The van der Waals surface area contributed by atoms with E-state index in [1.807, 2.05) is 0 Å². The summed E-state index contributed by atoms with van der Waals surface area (Å²) in [6.45, 7) is 0.810. The molecule has 26 heavy (non-hydrogen) atoms. The Kier molecular flexibility index (Phi) is 6.69. The number of nitrogens with zero attached hydrogens (tertiary/aromatic N) is 1. The average molecular weight is 406 g/mol. The van der Waals surface area contributed by atoms with Crippen molar-refractivity contribution in [1.82, 2.24) is 4.31 Å². The van der Waals surface area contributed by atoms with Crippen molar-refractivity contribution >= 4 is 15.9 Å². The maximum Gasteiger partial charge on any atom is 0.417 e. The summed E-state index contributed by atoms with van der Waals surface area (Å²) in [5.74, 6) is -1.97. The van der Waals surface area contributed by atoms with Gasteiger partial charge >= 0.3 is 12.4 Å². The normalized spacial score (nSPS) is 13.2. The molecule has 0 spiro atoms. The predicted octanol–water partition coefficient (Wildman–Crippen LogP) is 2.75. The molecule has 0 bridgehead atoms. The van der Waals surface area contributed by atoms with Gasteiger partial charge in [-0.25, -0.2) is 8.42 Å². The van der Waals surface area contributed by atoms with Gasteiger partial charge < -0.3 is 5.73 Å². The van der Waals surface area contributed by atoms with Crippen molar-refractivity contribution in [2.45, 2.75) is 31.5 Å². The molecule has 0 radical (unpaired) electrons. The van der Waals surface area contributed by atoms with Crippen molar-refractivity contribution in [2.24, 2.45) is 5.73 Å². The quantitative estimate of drug-likeness (QED) is 0.707. The van der Waals surface area contributed by atoms with Gasteiger partial charge in [0.25, 0.3) is 0 Å². The number of rotatable bonds is 7. The van der Waals surface area contributed by atoms with E-state index in [1.54, 1.807) is 6.92 Å². The first-order valence-corrected chi connectivity index (χ1v) is 8.83. The number of amides is 1. The molecule has 0 saturated heterocycles. The number of benzene rings is 1. The van der Waals surface area contributed by atoms with E-state index in [0.29, 0.717) is 16.8 Å². The molecule has 12 heteroatoms. The Balaban J connectivity index is 3.30. The minimum Gasteiger partial charge on any atom is -0.369 e. The zero-order chi connectivity index (χ0) is 20.3. The summed E-state index contributed by atoms with van der Waals surface area (Å²) < 4.78 is 102. The lowest BCUT2D eigenvalue weighted by Crippen LogP contribution is -2.39. The van der Waals surface area contributed by atoms with Gasteiger partial charge in [-0.3, -0.25) is 4.79 Å². The third-order valence-corrected chi connectivity index (χ3v) is 5.04. The number of hydrogen-bond donors (Lipinski definition) is 1. The van der Waals surface area contributed by atoms with Crippen LogP contribution in [0.15, 0.2) is 18.2 Å². The van der Waals surface area contributed by atoms with E-state index in [2.05, 4.69) is 0 Å². The van der Waals surface area contributed by atoms with E-state index >= 15 is 0 Å². The molecule has 0 aliphatic heterocycles. The molecule has 0 fully saturated rings. The fraction of sp³-hybridized carbons (Fsp3) is 0.500. The van der Waals surface area contributed by atoms with Gasteiger partial charge in [0.2, 0.25) is 15.9 Å². The smallest absolute Gasteiger partial charge is 0.369 e. The Morgan fingerprint density at radius 3 is 2.04 bits per heavy atom. The molecular formula is C14H16F6N2O3S. The summed E-state index contributed by atoms with van der Waals surface area (Å²) in [6, 6.07) is 0.991. The summed E-state index contributed by atoms with van der Waals surface area (Å²) in [5.41, 5.74) is 0.568. The summed E-state index contributed by atoms with van der Waals surface area (Å²) in [5, 5.41) is 0. The highest BCUT2D eigenvalue weighted by Crippen LogP contribution is 2.40. The van der Waals surface area contributed by atoms with Gasteiger partial charge in [0.15, 0.2) is 0 Å². The maximum absolute atomic E-state index is 12.9. The van der Waals surface area contributed by atoms with Crippen LogP contribution >= 0.6 is 0 Å². The second-order valence-electron chi connectivity index (χ2n) is 5.43. The summed E-state index contributed by atoms with van der Waals surface area (Å²) in [7, 11) is -4.26. The van der Waals surface area contributed by atoms with E-state index in [-0.39, 0.29) is 18.7 Å². The number of carbonyl (C=O) groups is 1. The Labute approximate surface area is 145 Å². The molecule has 1 aromatic rings. The van der Waals surface area contributed by atoms with Crippen LogP contribution in [0.3, 0.4) is 0 Å². The van der Waals surface area contributed by atoms with Gasteiger partial charge in [0.1, 0.15) is 0 Å². The molecule has 148 valence electrons. The van der Waals surface area contributed by atoms with Gasteiger partial charge in [-0.05, 0) is 24.1 Å². The van der Waals surface area contributed by atoms with Crippen LogP contribution in [0.4, 0.5) is 26.3 Å². The number of hydrogen-bond acceptors (Lipinski definition) is 3. The number of primary amides is 1. The molecule has 1 aromatic carbocycles. The molecule has 0 saturated carbocycles. The number of sulfonamides is 1. The first-order chi connectivity index (χ1) is 11.7. The molecule has 5 nitrogen and oxygen atoms in total. The first-order valence-electron chi connectivity index (χ1n) is 7.22. The Morgan fingerprint density at radius 2 is 1.62 bits per heavy atom. The van der Waals surface area contributed by atoms with Crippen LogP contribution in [0.1, 0.15) is 30.0 Å². The zero-order valence-corrected chi connectivity index (χ0v) is 14.3. The lowest BCUT2D eigenvalue weighted by Gasteiger charge is -2.21. The second kappa shape index (κ2) is 7.82. The topological polar surface area (TPSA) is 80.5 Å². The number of halogens is 6. The van der Waals surface area contributed by atoms with Gasteiger partial charge in [0.05, 0.1) is 23.4 Å². The third kappa shape index (κ3) is 5.87. The van der Waals surface area contributed by atoms with Crippen molar-refractivity contribution in [3.63, 3.8) is 0 Å². The zero-order valence-electron chi connectivity index (χ0n) is 13.5. The molecule has 1 amide bonds. The van der Waals surface area contributed by atoms with Crippen LogP contribution < -0.4 is 5.73 Å². The van der Waals surface area contributed by atoms with E-state index in [0.717, 1.165) is 0 Å². The minimum atomic E-state index is -5.32. The van der Waals surface area contributed by atoms with Crippen LogP contribution in [0.2, 0.25) is 0 Å². The van der Waals surface area contributed by atoms with Crippen LogP contribution in [0.5, 0.6) is 0 Å². The summed E-state index contributed by atoms with van der Waals surface area (Å²) >= 11 is 0. The lowest BCUT2D eigenvalue weighted by atomic mass is 10.0. The molecule has 0 aromatic heterocycles. The van der Waals surface area contributed by atoms with Crippen LogP contribution in [0.25, 0.3) is 0 Å². The van der Waals surface area contributed by atoms with E-state index < -0.39 is 57.3 Å². The Bertz CT molecular complexity index is 759. The van der Waals surface area contributed by atoms with Crippen molar-refractivity contribution < 1.29 is 39.6 Å². The van der Waals surface area contributed by atoms with Gasteiger partial charge in [-0.15, -0.1) is 0 Å². The fourth-order valence-corrected chi connectivity index (χ4v) is 3.77. The fourth-order valence-electron chi connectivity index (χ4n) is 2.20. The SMILES string of the molecule is CCCN(CC(N)=O)S(=O)(=O)Cc1ccc(C(F)(F)F)c(C(F)(F)F)c1. The van der Waals surface area contributed by atoms with Gasteiger partial charge in [-0.2, -0.15) is 30.6 Å². The lowest BCUT2D eigenvalue weighted by molar-refractivity contribution is -0.162. The molecule has 0 atom stereocenters. The van der Waals surface area contributed by atoms with Crippen LogP contribution in [-0.4, -0.2) is 31.7 Å². The number of carbonyl (C=O) groups excluding carboxylic acids is 1. The average Bonchev–Trinajstić information content (AvgIpc) is 2.43. The molecule has 0 aliphatic rings. The first kappa shape index (κ1) is 22.2. The van der Waals surface area contributed by atoms with E-state index in [9.17, 15) is 39.6 Å². The highest BCUT2D eigenvalue weighted by Gasteiger charge is 2.43. The minimum absolute atomic E-state index is 0.113. The maximum atomic E-state index is 12.9. The van der Waals surface area contributed by atoms with E-state index in [4.69, 9.17) is 5.73 Å². The van der Waals surface area contributed by atoms with Crippen molar-refractivity contribution in [3.05, 3.63) is 34.9 Å². The highest BCUT2D eigenvalue weighted by atomic mass is 32.2. The van der Waals surface area contributed by atoms with Crippen LogP contribution in [-0.2, 0) is 32.9 Å². The van der Waals surface area contributed by atoms with E-state index in [1.165, 1.54) is 0 Å². The molecule has 2 N–H and O–H groups in total. The van der Waals surface area contributed by atoms with Crippen LogP contribution in [0, 0.1) is 0 Å². The van der Waals surface area contributed by atoms with Crippen molar-refractivity contribution in [3.8, 4) is 0 Å². The number of nitrogens with two attached hydrogens (primary N) is 1. The summed E-state index contributed by atoms with van der Waals surface area (Å²) in [6.07, 6.45) is -10.3. The monoisotopic (exact) mass is 406 g/mol. The highest BCUT2D eigenvalue weighted by molar-refractivity contribution is 7.88. The third-order valence-electron chi connectivity index (χ3n) is 3.24. The Hall–Kier alpha value is -1.82.